The minimum Gasteiger partial charge on any atom is -0.376 e. The third kappa shape index (κ3) is 4.54. The largest absolute Gasteiger partial charge is 0.376 e. The zero-order valence-electron chi connectivity index (χ0n) is 13.6. The second-order valence-corrected chi connectivity index (χ2v) is 7.30. The molecule has 126 valence electrons. The molecule has 1 aromatic carbocycles. The lowest BCUT2D eigenvalue weighted by Gasteiger charge is -2.30. The number of ether oxygens (including phenoxy) is 1. The Kier molecular flexibility index (Phi) is 5.67. The van der Waals surface area contributed by atoms with Gasteiger partial charge in [-0.2, -0.15) is 11.8 Å². The number of nitrogens with zero attached hydrogens (tertiary/aromatic N) is 1. The number of aryl methyl sites for hydroxylation is 1. The molecule has 2 aliphatic rings. The number of amides is 2. The average molecular weight is 335 g/mol. The SMILES string of the molecule is Cc1cc(NC(=O)NC[C@@H]2CCCO2)ccc1N1CCSCC1. The molecule has 2 N–H and O–H groups in total. The van der Waals surface area contributed by atoms with Gasteiger partial charge in [0.05, 0.1) is 6.10 Å². The first-order valence-corrected chi connectivity index (χ1v) is 9.47. The zero-order chi connectivity index (χ0) is 16.1. The summed E-state index contributed by atoms with van der Waals surface area (Å²) in [6, 6.07) is 5.97. The van der Waals surface area contributed by atoms with Crippen LogP contribution in [-0.2, 0) is 4.74 Å². The Morgan fingerprint density at radius 1 is 1.39 bits per heavy atom. The van der Waals surface area contributed by atoms with E-state index in [1.165, 1.54) is 22.8 Å². The van der Waals surface area contributed by atoms with Crippen molar-refractivity contribution >= 4 is 29.2 Å². The lowest BCUT2D eigenvalue weighted by atomic mass is 10.1. The van der Waals surface area contributed by atoms with E-state index in [4.69, 9.17) is 4.74 Å². The summed E-state index contributed by atoms with van der Waals surface area (Å²) in [6.45, 7) is 5.69. The predicted molar refractivity (Wildman–Crippen MR) is 96.7 cm³/mol. The number of benzene rings is 1. The predicted octanol–water partition coefficient (Wildman–Crippen LogP) is 2.85. The summed E-state index contributed by atoms with van der Waals surface area (Å²) < 4.78 is 5.51. The smallest absolute Gasteiger partial charge is 0.319 e. The van der Waals surface area contributed by atoms with Crippen molar-refractivity contribution in [3.05, 3.63) is 23.8 Å². The number of nitrogens with one attached hydrogen (secondary N) is 2. The maximum atomic E-state index is 12.0. The maximum absolute atomic E-state index is 12.0. The molecule has 0 aromatic heterocycles. The first-order chi connectivity index (χ1) is 11.2. The molecule has 23 heavy (non-hydrogen) atoms. The van der Waals surface area contributed by atoms with Gasteiger partial charge < -0.3 is 20.3 Å². The molecule has 2 aliphatic heterocycles. The van der Waals surface area contributed by atoms with Crippen LogP contribution in [0.4, 0.5) is 16.2 Å². The summed E-state index contributed by atoms with van der Waals surface area (Å²) >= 11 is 2.01. The molecule has 0 bridgehead atoms. The van der Waals surface area contributed by atoms with Gasteiger partial charge in [0, 0.05) is 49.1 Å². The van der Waals surface area contributed by atoms with Crippen LogP contribution in [0.1, 0.15) is 18.4 Å². The van der Waals surface area contributed by atoms with Crippen LogP contribution in [0.15, 0.2) is 18.2 Å². The van der Waals surface area contributed by atoms with E-state index in [0.29, 0.717) is 6.54 Å². The number of thioether (sulfide) groups is 1. The van der Waals surface area contributed by atoms with Crippen molar-refractivity contribution in [3.63, 3.8) is 0 Å². The summed E-state index contributed by atoms with van der Waals surface area (Å²) in [6.07, 6.45) is 2.29. The van der Waals surface area contributed by atoms with Crippen LogP contribution >= 0.6 is 11.8 Å². The van der Waals surface area contributed by atoms with Crippen molar-refractivity contribution in [2.75, 3.05) is 48.0 Å². The molecule has 1 atom stereocenters. The Morgan fingerprint density at radius 2 is 2.22 bits per heavy atom. The Balaban J connectivity index is 1.53. The number of urea groups is 1. The van der Waals surface area contributed by atoms with Crippen molar-refractivity contribution in [2.45, 2.75) is 25.9 Å². The van der Waals surface area contributed by atoms with Gasteiger partial charge in [-0.15, -0.1) is 0 Å². The van der Waals surface area contributed by atoms with Gasteiger partial charge in [0.15, 0.2) is 0 Å². The Hall–Kier alpha value is -1.40. The van der Waals surface area contributed by atoms with Crippen LogP contribution in [-0.4, -0.2) is 49.9 Å². The Bertz CT molecular complexity index is 541. The molecule has 2 fully saturated rings. The number of anilines is 2. The van der Waals surface area contributed by atoms with Gasteiger partial charge in [-0.25, -0.2) is 4.79 Å². The number of carbonyl (C=O) groups is 1. The summed E-state index contributed by atoms with van der Waals surface area (Å²) in [5.74, 6) is 2.37. The maximum Gasteiger partial charge on any atom is 0.319 e. The monoisotopic (exact) mass is 335 g/mol. The second kappa shape index (κ2) is 7.93. The molecule has 3 rings (SSSR count). The lowest BCUT2D eigenvalue weighted by Crippen LogP contribution is -2.35. The van der Waals surface area contributed by atoms with Gasteiger partial charge in [-0.3, -0.25) is 0 Å². The molecule has 1 aromatic rings. The number of rotatable bonds is 4. The highest BCUT2D eigenvalue weighted by molar-refractivity contribution is 7.99. The molecule has 2 heterocycles. The van der Waals surface area contributed by atoms with Crippen molar-refractivity contribution in [2.24, 2.45) is 0 Å². The van der Waals surface area contributed by atoms with E-state index in [1.807, 2.05) is 23.9 Å². The fourth-order valence-electron chi connectivity index (χ4n) is 3.08. The average Bonchev–Trinajstić information content (AvgIpc) is 3.07. The molecule has 2 saturated heterocycles. The minimum absolute atomic E-state index is 0.165. The third-order valence-corrected chi connectivity index (χ3v) is 5.26. The van der Waals surface area contributed by atoms with Crippen LogP contribution in [0.25, 0.3) is 0 Å². The number of hydrogen-bond donors (Lipinski definition) is 2. The first kappa shape index (κ1) is 16.5. The molecule has 6 heteroatoms. The minimum atomic E-state index is -0.165. The van der Waals surface area contributed by atoms with E-state index in [1.54, 1.807) is 0 Å². The van der Waals surface area contributed by atoms with Crippen molar-refractivity contribution in [3.8, 4) is 0 Å². The van der Waals surface area contributed by atoms with Gasteiger partial charge in [-0.1, -0.05) is 0 Å². The Morgan fingerprint density at radius 3 is 2.91 bits per heavy atom. The third-order valence-electron chi connectivity index (χ3n) is 4.32. The van der Waals surface area contributed by atoms with Crippen molar-refractivity contribution < 1.29 is 9.53 Å². The molecule has 0 spiro atoms. The topological polar surface area (TPSA) is 53.6 Å². The summed E-state index contributed by atoms with van der Waals surface area (Å²) in [5.41, 5.74) is 3.31. The van der Waals surface area contributed by atoms with E-state index in [0.717, 1.165) is 38.2 Å². The highest BCUT2D eigenvalue weighted by Gasteiger charge is 2.17. The Labute approximate surface area is 142 Å². The van der Waals surface area contributed by atoms with Crippen molar-refractivity contribution in [1.82, 2.24) is 5.32 Å². The lowest BCUT2D eigenvalue weighted by molar-refractivity contribution is 0.112. The molecule has 5 nitrogen and oxygen atoms in total. The molecule has 0 aliphatic carbocycles. The standard InChI is InChI=1S/C17H25N3O2S/c1-13-11-14(4-5-16(13)20-6-9-23-10-7-20)19-17(21)18-12-15-3-2-8-22-15/h4-5,11,15H,2-3,6-10,12H2,1H3,(H2,18,19,21)/t15-/m0/s1. The highest BCUT2D eigenvalue weighted by Crippen LogP contribution is 2.26. The summed E-state index contributed by atoms with van der Waals surface area (Å²) in [5, 5.41) is 5.79. The zero-order valence-corrected chi connectivity index (χ0v) is 14.5. The van der Waals surface area contributed by atoms with E-state index in [9.17, 15) is 4.79 Å². The molecule has 0 radical (unpaired) electrons. The summed E-state index contributed by atoms with van der Waals surface area (Å²) in [7, 11) is 0. The highest BCUT2D eigenvalue weighted by atomic mass is 32.2. The molecule has 0 saturated carbocycles. The van der Waals surface area contributed by atoms with E-state index < -0.39 is 0 Å². The van der Waals surface area contributed by atoms with Gasteiger partial charge in [0.2, 0.25) is 0 Å². The number of carbonyl (C=O) groups excluding carboxylic acids is 1. The molecule has 2 amide bonds. The van der Waals surface area contributed by atoms with Crippen LogP contribution in [0.3, 0.4) is 0 Å². The van der Waals surface area contributed by atoms with Gasteiger partial charge in [0.1, 0.15) is 0 Å². The normalized spacial score (nSPS) is 21.3. The number of hydrogen-bond acceptors (Lipinski definition) is 4. The van der Waals surface area contributed by atoms with Crippen molar-refractivity contribution in [1.29, 1.82) is 0 Å². The van der Waals surface area contributed by atoms with E-state index >= 15 is 0 Å². The fraction of sp³-hybridized carbons (Fsp3) is 0.588. The molecule has 0 unspecified atom stereocenters. The second-order valence-electron chi connectivity index (χ2n) is 6.07. The summed E-state index contributed by atoms with van der Waals surface area (Å²) in [4.78, 5) is 14.4. The van der Waals surface area contributed by atoms with Crippen LogP contribution in [0.2, 0.25) is 0 Å². The fourth-order valence-corrected chi connectivity index (χ4v) is 3.98. The quantitative estimate of drug-likeness (QED) is 0.888. The van der Waals surface area contributed by atoms with E-state index in [-0.39, 0.29) is 12.1 Å². The van der Waals surface area contributed by atoms with Gasteiger partial charge in [0.25, 0.3) is 0 Å². The van der Waals surface area contributed by atoms with E-state index in [2.05, 4.69) is 28.5 Å². The van der Waals surface area contributed by atoms with Crippen LogP contribution < -0.4 is 15.5 Å². The van der Waals surface area contributed by atoms with Gasteiger partial charge in [-0.05, 0) is 43.5 Å². The molecular weight excluding hydrogens is 310 g/mol. The molecular formula is C17H25N3O2S. The van der Waals surface area contributed by atoms with Gasteiger partial charge >= 0.3 is 6.03 Å². The van der Waals surface area contributed by atoms with Crippen LogP contribution in [0, 0.1) is 6.92 Å². The van der Waals surface area contributed by atoms with Crippen LogP contribution in [0.5, 0.6) is 0 Å². The first-order valence-electron chi connectivity index (χ1n) is 8.32.